The van der Waals surface area contributed by atoms with Crippen LogP contribution in [-0.4, -0.2) is 19.3 Å². The van der Waals surface area contributed by atoms with Crippen molar-refractivity contribution in [3.63, 3.8) is 0 Å². The number of methoxy groups -OCH3 is 2. The Morgan fingerprint density at radius 1 is 1.00 bits per heavy atom. The summed E-state index contributed by atoms with van der Waals surface area (Å²) in [6.45, 7) is 0. The highest BCUT2D eigenvalue weighted by Gasteiger charge is 2.16. The van der Waals surface area contributed by atoms with Gasteiger partial charge >= 0.3 is 0 Å². The molecule has 20 heavy (non-hydrogen) atoms. The Morgan fingerprint density at radius 3 is 2.50 bits per heavy atom. The molecule has 5 heteroatoms. The summed E-state index contributed by atoms with van der Waals surface area (Å²) in [7, 11) is 3.19. The zero-order valence-electron chi connectivity index (χ0n) is 11.1. The van der Waals surface area contributed by atoms with E-state index in [9.17, 15) is 5.11 Å². The van der Waals surface area contributed by atoms with Gasteiger partial charge in [0.25, 0.3) is 0 Å². The van der Waals surface area contributed by atoms with E-state index in [4.69, 9.17) is 9.47 Å². The molecule has 1 N–H and O–H groups in total. The van der Waals surface area contributed by atoms with Crippen molar-refractivity contribution in [2.45, 2.75) is 6.10 Å². The zero-order valence-corrected chi connectivity index (χ0v) is 12.8. The summed E-state index contributed by atoms with van der Waals surface area (Å²) in [5, 5.41) is 12.6. The van der Waals surface area contributed by atoms with Gasteiger partial charge in [0.05, 0.1) is 14.2 Å². The first-order valence-corrected chi connectivity index (χ1v) is 7.79. The van der Waals surface area contributed by atoms with Crippen LogP contribution in [0.2, 0.25) is 0 Å². The molecule has 0 aliphatic carbocycles. The molecule has 0 aliphatic heterocycles. The summed E-state index contributed by atoms with van der Waals surface area (Å²) in [6.07, 6.45) is -0.639. The maximum atomic E-state index is 10.5. The first kappa shape index (κ1) is 13.4. The minimum Gasteiger partial charge on any atom is -0.493 e. The van der Waals surface area contributed by atoms with Crippen LogP contribution in [-0.2, 0) is 0 Å². The average Bonchev–Trinajstić information content (AvgIpc) is 3.06. The summed E-state index contributed by atoms with van der Waals surface area (Å²) in [5.41, 5.74) is 0.802. The molecule has 3 nitrogen and oxygen atoms in total. The van der Waals surface area contributed by atoms with Crippen molar-refractivity contribution in [2.24, 2.45) is 0 Å². The second-order valence-corrected chi connectivity index (χ2v) is 6.38. The van der Waals surface area contributed by atoms with Crippen LogP contribution < -0.4 is 9.47 Å². The topological polar surface area (TPSA) is 38.7 Å². The van der Waals surface area contributed by atoms with Crippen LogP contribution in [0.15, 0.2) is 35.7 Å². The van der Waals surface area contributed by atoms with Gasteiger partial charge < -0.3 is 14.6 Å². The maximum Gasteiger partial charge on any atom is 0.161 e. The molecule has 1 aromatic carbocycles. The standard InChI is InChI=1S/C15H14O3S2/c1-17-10-4-3-9(7-11(10)18-2)15(16)14-8-13-12(20-14)5-6-19-13/h3-8,15-16H,1-2H3. The molecule has 1 atom stereocenters. The lowest BCUT2D eigenvalue weighted by molar-refractivity contribution is 0.223. The predicted octanol–water partition coefficient (Wildman–Crippen LogP) is 4.06. The summed E-state index contributed by atoms with van der Waals surface area (Å²) < 4.78 is 12.9. The van der Waals surface area contributed by atoms with Crippen molar-refractivity contribution in [1.29, 1.82) is 0 Å². The molecule has 104 valence electrons. The minimum absolute atomic E-state index is 0.627. The van der Waals surface area contributed by atoms with E-state index in [1.807, 2.05) is 24.3 Å². The van der Waals surface area contributed by atoms with Crippen LogP contribution in [0, 0.1) is 0 Å². The van der Waals surface area contributed by atoms with Crippen molar-refractivity contribution in [3.8, 4) is 11.5 Å². The lowest BCUT2D eigenvalue weighted by atomic mass is 10.1. The van der Waals surface area contributed by atoms with E-state index in [0.29, 0.717) is 11.5 Å². The Hall–Kier alpha value is -1.56. The SMILES string of the molecule is COc1ccc(C(O)c2cc3sccc3s2)cc1OC. The molecule has 0 amide bonds. The first-order valence-electron chi connectivity index (χ1n) is 6.10. The number of ether oxygens (including phenoxy) is 2. The Morgan fingerprint density at radius 2 is 1.80 bits per heavy atom. The van der Waals surface area contributed by atoms with Gasteiger partial charge in [0.1, 0.15) is 6.10 Å². The van der Waals surface area contributed by atoms with E-state index in [1.54, 1.807) is 36.9 Å². The van der Waals surface area contributed by atoms with Gasteiger partial charge in [-0.3, -0.25) is 0 Å². The third-order valence-corrected chi connectivity index (χ3v) is 5.30. The fourth-order valence-corrected chi connectivity index (χ4v) is 4.24. The monoisotopic (exact) mass is 306 g/mol. The number of benzene rings is 1. The third-order valence-electron chi connectivity index (χ3n) is 3.15. The van der Waals surface area contributed by atoms with E-state index >= 15 is 0 Å². The summed E-state index contributed by atoms with van der Waals surface area (Å²) in [5.74, 6) is 1.29. The third kappa shape index (κ3) is 2.28. The number of aliphatic hydroxyl groups excluding tert-OH is 1. The second-order valence-electron chi connectivity index (χ2n) is 4.31. The average molecular weight is 306 g/mol. The highest BCUT2D eigenvalue weighted by molar-refractivity contribution is 7.26. The van der Waals surface area contributed by atoms with E-state index in [-0.39, 0.29) is 0 Å². The molecule has 2 heterocycles. The van der Waals surface area contributed by atoms with Crippen LogP contribution in [0.3, 0.4) is 0 Å². The molecule has 0 fully saturated rings. The van der Waals surface area contributed by atoms with Gasteiger partial charge in [-0.15, -0.1) is 22.7 Å². The largest absolute Gasteiger partial charge is 0.493 e. The van der Waals surface area contributed by atoms with Crippen LogP contribution in [0.4, 0.5) is 0 Å². The lowest BCUT2D eigenvalue weighted by Crippen LogP contribution is -1.99. The first-order chi connectivity index (χ1) is 9.72. The van der Waals surface area contributed by atoms with Crippen molar-refractivity contribution in [2.75, 3.05) is 14.2 Å². The number of aliphatic hydroxyl groups is 1. The van der Waals surface area contributed by atoms with E-state index in [0.717, 1.165) is 10.4 Å². The summed E-state index contributed by atoms with van der Waals surface area (Å²) in [4.78, 5) is 0.944. The zero-order chi connectivity index (χ0) is 14.1. The van der Waals surface area contributed by atoms with Gasteiger partial charge in [-0.1, -0.05) is 6.07 Å². The molecule has 3 aromatic rings. The molecular formula is C15H14O3S2. The second kappa shape index (κ2) is 5.44. The molecular weight excluding hydrogens is 292 g/mol. The molecule has 2 aromatic heterocycles. The molecule has 0 bridgehead atoms. The maximum absolute atomic E-state index is 10.5. The smallest absolute Gasteiger partial charge is 0.161 e. The number of hydrogen-bond donors (Lipinski definition) is 1. The molecule has 0 aliphatic rings. The van der Waals surface area contributed by atoms with Gasteiger partial charge in [0, 0.05) is 14.3 Å². The molecule has 0 spiro atoms. The van der Waals surface area contributed by atoms with Gasteiger partial charge in [-0.2, -0.15) is 0 Å². The Balaban J connectivity index is 1.97. The van der Waals surface area contributed by atoms with Gasteiger partial charge in [-0.05, 0) is 35.2 Å². The van der Waals surface area contributed by atoms with Crippen LogP contribution in [0.25, 0.3) is 9.40 Å². The quantitative estimate of drug-likeness (QED) is 0.790. The van der Waals surface area contributed by atoms with E-state index in [2.05, 4.69) is 11.4 Å². The minimum atomic E-state index is -0.639. The fourth-order valence-electron chi connectivity index (χ4n) is 2.11. The van der Waals surface area contributed by atoms with E-state index in [1.165, 1.54) is 9.40 Å². The predicted molar refractivity (Wildman–Crippen MR) is 83.3 cm³/mol. The Labute approximate surface area is 125 Å². The highest BCUT2D eigenvalue weighted by Crippen LogP contribution is 2.38. The normalized spacial score (nSPS) is 12.6. The Kier molecular flexibility index (Phi) is 3.65. The highest BCUT2D eigenvalue weighted by atomic mass is 32.1. The van der Waals surface area contributed by atoms with Crippen LogP contribution in [0.1, 0.15) is 16.5 Å². The van der Waals surface area contributed by atoms with Crippen LogP contribution >= 0.6 is 22.7 Å². The van der Waals surface area contributed by atoms with E-state index < -0.39 is 6.10 Å². The van der Waals surface area contributed by atoms with Crippen molar-refractivity contribution >= 4 is 32.1 Å². The van der Waals surface area contributed by atoms with Crippen LogP contribution in [0.5, 0.6) is 11.5 Å². The van der Waals surface area contributed by atoms with Gasteiger partial charge in [0.15, 0.2) is 11.5 Å². The van der Waals surface area contributed by atoms with Gasteiger partial charge in [-0.25, -0.2) is 0 Å². The fraction of sp³-hybridized carbons (Fsp3) is 0.200. The number of rotatable bonds is 4. The Bertz CT molecular complexity index is 701. The van der Waals surface area contributed by atoms with Crippen molar-refractivity contribution in [1.82, 2.24) is 0 Å². The number of thiophene rings is 2. The summed E-state index contributed by atoms with van der Waals surface area (Å²) >= 11 is 3.31. The number of fused-ring (bicyclic) bond motifs is 1. The molecule has 0 radical (unpaired) electrons. The molecule has 0 saturated heterocycles. The molecule has 0 saturated carbocycles. The van der Waals surface area contributed by atoms with Crippen molar-refractivity contribution in [3.05, 3.63) is 46.2 Å². The number of hydrogen-bond acceptors (Lipinski definition) is 5. The lowest BCUT2D eigenvalue weighted by Gasteiger charge is -2.13. The van der Waals surface area contributed by atoms with Crippen molar-refractivity contribution < 1.29 is 14.6 Å². The molecule has 1 unspecified atom stereocenters. The molecule has 3 rings (SSSR count). The van der Waals surface area contributed by atoms with Gasteiger partial charge in [0.2, 0.25) is 0 Å². The summed E-state index contributed by atoms with van der Waals surface area (Å²) in [6, 6.07) is 9.62.